The third-order valence-electron chi connectivity index (χ3n) is 17.3. The fraction of sp³-hybridized carbons (Fsp3) is 0.200. The molecule has 8 atom stereocenters. The minimum Gasteiger partial charge on any atom is -0.388 e. The molecule has 0 amide bonds. The molecule has 0 saturated carbocycles. The van der Waals surface area contributed by atoms with E-state index in [0.717, 1.165) is 74.5 Å². The van der Waals surface area contributed by atoms with E-state index in [-0.39, 0.29) is 23.7 Å². The van der Waals surface area contributed by atoms with Crippen LogP contribution in [0.4, 0.5) is 0 Å². The average molecular weight is 1150 g/mol. The first kappa shape index (κ1) is 59.6. The van der Waals surface area contributed by atoms with Crippen LogP contribution < -0.4 is 32.3 Å². The highest BCUT2D eigenvalue weighted by Gasteiger charge is 2.49. The van der Waals surface area contributed by atoms with Gasteiger partial charge in [-0.25, -0.2) is 22.8 Å². The van der Waals surface area contributed by atoms with Crippen LogP contribution >= 0.6 is 0 Å². The normalized spacial score (nSPS) is 13.9. The highest BCUT2D eigenvalue weighted by atomic mass is 16.5. The van der Waals surface area contributed by atoms with Gasteiger partial charge in [-0.05, 0) is 140 Å². The number of nitrogens with zero attached hydrogens (tertiary/aromatic N) is 7. The zero-order chi connectivity index (χ0) is 60.8. The lowest BCUT2D eigenvalue weighted by molar-refractivity contribution is -0.671. The Kier molecular flexibility index (Phi) is 19.1. The molecule has 0 fully saturated rings. The lowest BCUT2D eigenvalue weighted by Gasteiger charge is -2.47. The van der Waals surface area contributed by atoms with E-state index >= 15 is 0 Å². The fourth-order valence-electron chi connectivity index (χ4n) is 12.9. The van der Waals surface area contributed by atoms with Crippen molar-refractivity contribution < 1.29 is 46.7 Å². The second-order valence-corrected chi connectivity index (χ2v) is 22.8. The van der Waals surface area contributed by atoms with E-state index in [1.54, 1.807) is 0 Å². The molecule has 0 radical (unpaired) electrons. The summed E-state index contributed by atoms with van der Waals surface area (Å²) in [5, 5.41) is 19.2. The molecule has 8 unspecified atom stereocenters. The lowest BCUT2D eigenvalue weighted by Crippen LogP contribution is -2.36. The van der Waals surface area contributed by atoms with Gasteiger partial charge in [-0.15, -0.1) is 10.5 Å². The highest BCUT2D eigenvalue weighted by Crippen LogP contribution is 2.62. The van der Waals surface area contributed by atoms with Crippen molar-refractivity contribution in [2.24, 2.45) is 35.2 Å². The Labute approximate surface area is 509 Å². The molecule has 12 nitrogen and oxygen atoms in total. The summed E-state index contributed by atoms with van der Waals surface area (Å²) in [5.74, 6) is -2.02. The summed E-state index contributed by atoms with van der Waals surface area (Å²) in [6.45, 7) is 0. The number of benzene rings is 5. The zero-order valence-corrected chi connectivity index (χ0v) is 49.5. The Balaban J connectivity index is 1.37. The number of carbonyl (C=O) groups excluding carboxylic acids is 3. The predicted molar refractivity (Wildman–Crippen MR) is 328 cm³/mol. The summed E-state index contributed by atoms with van der Waals surface area (Å²) in [5.41, 5.74) is 12.2. The molecule has 0 spiro atoms. The van der Waals surface area contributed by atoms with E-state index in [1.165, 1.54) is 0 Å². The van der Waals surface area contributed by atoms with Gasteiger partial charge in [0.15, 0.2) is 62.0 Å². The van der Waals surface area contributed by atoms with Crippen LogP contribution in [0.1, 0.15) is 134 Å². The highest BCUT2D eigenvalue weighted by molar-refractivity contribution is 5.76. The van der Waals surface area contributed by atoms with E-state index in [0.29, 0.717) is 41.0 Å². The molecule has 10 rings (SSSR count). The van der Waals surface area contributed by atoms with Crippen LogP contribution in [0.15, 0.2) is 244 Å². The number of ether oxygens (including phenoxy) is 2. The van der Waals surface area contributed by atoms with Crippen LogP contribution in [-0.2, 0) is 48.1 Å². The van der Waals surface area contributed by atoms with Crippen LogP contribution in [0.2, 0.25) is 0 Å². The summed E-state index contributed by atoms with van der Waals surface area (Å²) in [4.78, 5) is 38.3. The number of aromatic nitrogens is 5. The summed E-state index contributed by atoms with van der Waals surface area (Å²) < 4.78 is 21.0. The molecule has 10 aromatic rings. The molecule has 0 aliphatic rings. The van der Waals surface area contributed by atoms with E-state index in [2.05, 4.69) is 185 Å². The Hall–Kier alpha value is -10.6. The molecular weight excluding hydrogens is 1080 g/mol. The average Bonchev–Trinajstić information content (AvgIpc) is 1.69. The van der Waals surface area contributed by atoms with E-state index in [4.69, 9.17) is 9.47 Å². The molecule has 5 aromatic carbocycles. The van der Waals surface area contributed by atoms with Gasteiger partial charge in [-0.2, -0.15) is 0 Å². The molecule has 430 valence electrons. The molecule has 0 saturated heterocycles. The maximum atomic E-state index is 12.9. The van der Waals surface area contributed by atoms with Gasteiger partial charge < -0.3 is 9.47 Å². The predicted octanol–water partition coefficient (Wildman–Crippen LogP) is 11.0. The Morgan fingerprint density at radius 1 is 0.310 bits per heavy atom. The maximum absolute atomic E-state index is 12.9. The van der Waals surface area contributed by atoms with Crippen molar-refractivity contribution >= 4 is 18.9 Å². The third kappa shape index (κ3) is 14.2. The van der Waals surface area contributed by atoms with E-state index in [9.17, 15) is 24.9 Å². The largest absolute Gasteiger partial charge is 0.388 e. The van der Waals surface area contributed by atoms with Crippen molar-refractivity contribution in [1.82, 2.24) is 0 Å². The van der Waals surface area contributed by atoms with Crippen molar-refractivity contribution in [3.05, 3.63) is 316 Å². The number of hydrogen-bond donors (Lipinski definition) is 0. The number of aryl methyl sites for hydroxylation is 5. The second-order valence-electron chi connectivity index (χ2n) is 22.8. The van der Waals surface area contributed by atoms with Crippen LogP contribution in [0.3, 0.4) is 0 Å². The third-order valence-corrected chi connectivity index (χ3v) is 17.3. The van der Waals surface area contributed by atoms with Crippen molar-refractivity contribution in [2.75, 3.05) is 0 Å². The molecule has 87 heavy (non-hydrogen) atoms. The van der Waals surface area contributed by atoms with Crippen molar-refractivity contribution in [3.8, 4) is 24.0 Å². The summed E-state index contributed by atoms with van der Waals surface area (Å²) in [6, 6.07) is 62.2. The van der Waals surface area contributed by atoms with E-state index < -0.39 is 23.7 Å². The topological polar surface area (TPSA) is 137 Å². The summed E-state index contributed by atoms with van der Waals surface area (Å²) in [6.07, 6.45) is 28.6. The van der Waals surface area contributed by atoms with Crippen molar-refractivity contribution in [1.29, 1.82) is 10.5 Å². The van der Waals surface area contributed by atoms with Gasteiger partial charge in [-0.3, -0.25) is 14.4 Å². The smallest absolute Gasteiger partial charge is 0.292 e. The maximum Gasteiger partial charge on any atom is 0.292 e. The molecule has 0 N–H and O–H groups in total. The van der Waals surface area contributed by atoms with E-state index in [1.807, 2.05) is 130 Å². The zero-order valence-electron chi connectivity index (χ0n) is 49.5. The fourth-order valence-corrected chi connectivity index (χ4v) is 12.9. The minimum atomic E-state index is -0.452. The minimum absolute atomic E-state index is 0.231. The number of nitriles is 2. The molecule has 5 aromatic heterocycles. The monoisotopic (exact) mass is 1150 g/mol. The molecule has 12 heteroatoms. The first-order valence-corrected chi connectivity index (χ1v) is 29.1. The lowest BCUT2D eigenvalue weighted by atomic mass is 9.55. The number of hydrogen-bond acceptors (Lipinski definition) is 7. The summed E-state index contributed by atoms with van der Waals surface area (Å²) >= 11 is 0. The van der Waals surface area contributed by atoms with Crippen LogP contribution in [0.25, 0.3) is 0 Å². The summed E-state index contributed by atoms with van der Waals surface area (Å²) in [7, 11) is 10.1. The molecule has 5 heterocycles. The number of aldehydes is 3. The number of pyridine rings is 5. The van der Waals surface area contributed by atoms with Gasteiger partial charge in [0.2, 0.25) is 0 Å². The SMILES string of the molecule is C[n+]1ccc(CC(c2ccc(OC#N)cc2)C(c2ccc(C=O)cc2)C(c2cc[n+](C)cc2)C(c2cc[n+](C)cc2)C(c2ccc(C=O)cc2)C(c2ccc(C=O)cc2)C(c2cc[n+](C)cc2)C(Cc2ccc(OC#N)cc2)c2cc[n+](C)cc2)cc1. The second kappa shape index (κ2) is 27.9. The quantitative estimate of drug-likeness (QED) is 0.0334. The molecule has 0 bridgehead atoms. The first-order valence-electron chi connectivity index (χ1n) is 29.1. The molecule has 0 aliphatic carbocycles. The van der Waals surface area contributed by atoms with Gasteiger partial charge in [-0.1, -0.05) is 97.1 Å². The Bertz CT molecular complexity index is 4000. The van der Waals surface area contributed by atoms with Gasteiger partial charge >= 0.3 is 0 Å². The molecular formula is C75H70N7O5+5. The van der Waals surface area contributed by atoms with Crippen LogP contribution in [0, 0.1) is 23.0 Å². The van der Waals surface area contributed by atoms with Gasteiger partial charge in [0, 0.05) is 77.4 Å². The van der Waals surface area contributed by atoms with Crippen LogP contribution in [-0.4, -0.2) is 18.9 Å². The number of carbonyl (C=O) groups is 3. The van der Waals surface area contributed by atoms with Crippen molar-refractivity contribution in [3.63, 3.8) is 0 Å². The Morgan fingerprint density at radius 3 is 0.862 bits per heavy atom. The molecule has 0 aliphatic heterocycles. The first-order chi connectivity index (χ1) is 42.4. The van der Waals surface area contributed by atoms with Gasteiger partial charge in [0.1, 0.15) is 65.6 Å². The number of rotatable bonds is 24. The Morgan fingerprint density at radius 2 is 0.540 bits per heavy atom. The van der Waals surface area contributed by atoms with Gasteiger partial charge in [0.05, 0.1) is 0 Å². The van der Waals surface area contributed by atoms with Gasteiger partial charge in [0.25, 0.3) is 12.5 Å². The van der Waals surface area contributed by atoms with Crippen LogP contribution in [0.5, 0.6) is 11.5 Å². The van der Waals surface area contributed by atoms with Crippen molar-refractivity contribution in [2.45, 2.75) is 60.2 Å². The standard InChI is InChI=1S/C75H70N7O5/c1-78-36-26-54(27-37-78)47-68(58-20-24-67(25-21-58)87-52-77)70(60-14-6-55(48-83)7-15-60)73(64-32-42-81(4)43-33-64)75(65-34-44-82(5)45-35-65)74(62-18-10-57(50-85)11-19-62)72(61-16-8-56(49-84)9-17-61)71(63-30-40-80(3)41-31-63)69(59-28-38-79(2)39-29-59)46-53-12-22-66(23-13-53)86-51-76/h6-45,48-50,68-75H,46-47H2,1-5H3/q+5.